The Hall–Kier alpha value is -0.380. The monoisotopic (exact) mass is 276 g/mol. The van der Waals surface area contributed by atoms with Crippen LogP contribution in [0, 0.1) is 17.8 Å². The smallest absolute Gasteiger partial charge is 0.317 e. The summed E-state index contributed by atoms with van der Waals surface area (Å²) in [5, 5.41) is 0. The first-order chi connectivity index (χ1) is 8.19. The maximum atomic E-state index is 6.17. The van der Waals surface area contributed by atoms with Crippen LogP contribution >= 0.6 is 10.6 Å². The summed E-state index contributed by atoms with van der Waals surface area (Å²) in [6.45, 7) is 13.4. The van der Waals surface area contributed by atoms with Gasteiger partial charge in [0, 0.05) is 18.6 Å². The lowest BCUT2D eigenvalue weighted by Gasteiger charge is -2.25. The minimum Gasteiger partial charge on any atom is -0.317 e. The zero-order valence-electron chi connectivity index (χ0n) is 13.2. The highest BCUT2D eigenvalue weighted by Gasteiger charge is 2.46. The third-order valence-electron chi connectivity index (χ3n) is 3.49. The van der Waals surface area contributed by atoms with E-state index in [0.29, 0.717) is 23.8 Å². The van der Waals surface area contributed by atoms with Crippen molar-refractivity contribution in [3.63, 3.8) is 0 Å². The Bertz CT molecular complexity index is 324. The molecule has 2 unspecified atom stereocenters. The summed E-state index contributed by atoms with van der Waals surface area (Å²) in [6, 6.07) is 0.319. The van der Waals surface area contributed by atoms with Crippen molar-refractivity contribution in [3.8, 4) is 0 Å². The molecule has 0 aromatic carbocycles. The Labute approximate surface area is 114 Å². The molecule has 3 nitrogen and oxygen atoms in total. The summed E-state index contributed by atoms with van der Waals surface area (Å²) in [5.41, 5.74) is 0. The standard InChI is InChI=1S/C14H30NO2S/c1-9-12(6)13(10(2)3)14-15(11(4)5)17-18(7,8)16-14/h10-13H,9H2,1-8H3/q+1. The van der Waals surface area contributed by atoms with Crippen LogP contribution in [0.2, 0.25) is 0 Å². The highest BCUT2D eigenvalue weighted by atomic mass is 32.3. The second-order valence-corrected chi connectivity index (χ2v) is 8.82. The van der Waals surface area contributed by atoms with Gasteiger partial charge in [-0.25, -0.2) is 0 Å². The van der Waals surface area contributed by atoms with Crippen LogP contribution in [0.15, 0.2) is 0 Å². The Kier molecular flexibility index (Phi) is 4.98. The molecule has 0 saturated heterocycles. The first kappa shape index (κ1) is 15.7. The summed E-state index contributed by atoms with van der Waals surface area (Å²) in [6.07, 6.45) is 5.28. The van der Waals surface area contributed by atoms with Crippen LogP contribution in [0.1, 0.15) is 48.0 Å². The number of hydrogen-bond donors (Lipinski definition) is 0. The third-order valence-corrected chi connectivity index (χ3v) is 4.58. The Morgan fingerprint density at radius 3 is 2.06 bits per heavy atom. The molecule has 1 aliphatic rings. The molecular weight excluding hydrogens is 246 g/mol. The Morgan fingerprint density at radius 2 is 1.67 bits per heavy atom. The number of rotatable bonds is 5. The molecule has 0 aromatic heterocycles. The lowest BCUT2D eigenvalue weighted by Crippen LogP contribution is -2.34. The molecule has 0 aromatic rings. The second-order valence-electron chi connectivity index (χ2n) is 6.21. The van der Waals surface area contributed by atoms with Crippen molar-refractivity contribution in [2.45, 2.75) is 54.0 Å². The van der Waals surface area contributed by atoms with Gasteiger partial charge in [0.2, 0.25) is 6.04 Å². The molecule has 0 radical (unpaired) electrons. The van der Waals surface area contributed by atoms with Crippen LogP contribution in [-0.4, -0.2) is 29.2 Å². The lowest BCUT2D eigenvalue weighted by atomic mass is 9.82. The molecule has 18 heavy (non-hydrogen) atoms. The SMILES string of the molecule is CCC(C)C(C1=[N+](C(C)C)OS(C)(C)O1)C(C)C. The predicted octanol–water partition coefficient (Wildman–Crippen LogP) is 3.98. The van der Waals surface area contributed by atoms with Crippen LogP contribution < -0.4 is 0 Å². The van der Waals surface area contributed by atoms with Crippen molar-refractivity contribution < 1.29 is 13.2 Å². The highest BCUT2D eigenvalue weighted by Crippen LogP contribution is 2.49. The van der Waals surface area contributed by atoms with E-state index in [1.54, 1.807) is 0 Å². The van der Waals surface area contributed by atoms with E-state index in [-0.39, 0.29) is 0 Å². The van der Waals surface area contributed by atoms with Gasteiger partial charge in [0.15, 0.2) is 0 Å². The van der Waals surface area contributed by atoms with Crippen LogP contribution in [0.4, 0.5) is 0 Å². The fourth-order valence-electron chi connectivity index (χ4n) is 2.47. The van der Waals surface area contributed by atoms with E-state index in [1.807, 2.05) is 4.74 Å². The van der Waals surface area contributed by atoms with Gasteiger partial charge in [-0.15, -0.1) is 4.28 Å². The van der Waals surface area contributed by atoms with Gasteiger partial charge in [-0.3, -0.25) is 0 Å². The molecular formula is C14H30NO2S+. The van der Waals surface area contributed by atoms with Gasteiger partial charge in [0.05, 0.1) is 18.4 Å². The lowest BCUT2D eigenvalue weighted by molar-refractivity contribution is -0.763. The van der Waals surface area contributed by atoms with E-state index in [0.717, 1.165) is 12.3 Å². The average Bonchev–Trinajstić information content (AvgIpc) is 2.54. The summed E-state index contributed by atoms with van der Waals surface area (Å²) >= 11 is 0. The van der Waals surface area contributed by atoms with E-state index in [1.165, 1.54) is 0 Å². The van der Waals surface area contributed by atoms with E-state index >= 15 is 0 Å². The van der Waals surface area contributed by atoms with Crippen LogP contribution in [0.5, 0.6) is 0 Å². The largest absolute Gasteiger partial charge is 0.413 e. The first-order valence-electron chi connectivity index (χ1n) is 6.98. The van der Waals surface area contributed by atoms with Crippen molar-refractivity contribution in [2.75, 3.05) is 12.5 Å². The molecule has 4 heteroatoms. The van der Waals surface area contributed by atoms with E-state index in [9.17, 15) is 0 Å². The quantitative estimate of drug-likeness (QED) is 0.708. The second kappa shape index (κ2) is 5.72. The molecule has 0 fully saturated rings. The third kappa shape index (κ3) is 3.34. The normalized spacial score (nSPS) is 23.9. The Balaban J connectivity index is 3.11. The van der Waals surface area contributed by atoms with Crippen molar-refractivity contribution in [1.82, 2.24) is 0 Å². The van der Waals surface area contributed by atoms with E-state index < -0.39 is 10.6 Å². The zero-order valence-corrected chi connectivity index (χ0v) is 14.0. The van der Waals surface area contributed by atoms with E-state index in [2.05, 4.69) is 54.1 Å². The zero-order chi connectivity index (χ0) is 14.1. The van der Waals surface area contributed by atoms with Gasteiger partial charge in [0.25, 0.3) is 0 Å². The molecule has 0 spiro atoms. The molecule has 0 saturated carbocycles. The van der Waals surface area contributed by atoms with Crippen molar-refractivity contribution >= 4 is 16.5 Å². The molecule has 1 heterocycles. The summed E-state index contributed by atoms with van der Waals surface area (Å²) < 4.78 is 14.2. The average molecular weight is 276 g/mol. The Morgan fingerprint density at radius 1 is 1.11 bits per heavy atom. The van der Waals surface area contributed by atoms with Gasteiger partial charge < -0.3 is 4.18 Å². The van der Waals surface area contributed by atoms with Gasteiger partial charge in [-0.2, -0.15) is 0 Å². The van der Waals surface area contributed by atoms with Gasteiger partial charge in [0.1, 0.15) is 0 Å². The number of hydrogen-bond acceptors (Lipinski definition) is 2. The minimum atomic E-state index is -1.42. The van der Waals surface area contributed by atoms with Crippen LogP contribution in [0.3, 0.4) is 0 Å². The van der Waals surface area contributed by atoms with Gasteiger partial charge in [-0.1, -0.05) is 44.7 Å². The minimum absolute atomic E-state index is 0.319. The van der Waals surface area contributed by atoms with Crippen molar-refractivity contribution in [3.05, 3.63) is 0 Å². The van der Waals surface area contributed by atoms with Crippen LogP contribution in [-0.2, 0) is 8.47 Å². The molecule has 0 N–H and O–H groups in total. The maximum absolute atomic E-state index is 6.17. The molecule has 0 bridgehead atoms. The van der Waals surface area contributed by atoms with Crippen LogP contribution in [0.25, 0.3) is 0 Å². The summed E-state index contributed by atoms with van der Waals surface area (Å²) in [4.78, 5) is 0. The predicted molar refractivity (Wildman–Crippen MR) is 79.8 cm³/mol. The molecule has 0 amide bonds. The fourth-order valence-corrected chi connectivity index (χ4v) is 3.73. The summed E-state index contributed by atoms with van der Waals surface area (Å²) in [5.74, 6) is 2.66. The number of hydroxylamine groups is 1. The molecule has 0 aliphatic carbocycles. The van der Waals surface area contributed by atoms with Crippen molar-refractivity contribution in [1.29, 1.82) is 0 Å². The summed E-state index contributed by atoms with van der Waals surface area (Å²) in [7, 11) is -1.42. The molecule has 108 valence electrons. The first-order valence-corrected chi connectivity index (χ1v) is 9.28. The fraction of sp³-hybridized carbons (Fsp3) is 0.929. The molecule has 1 rings (SSSR count). The topological polar surface area (TPSA) is 21.5 Å². The van der Waals surface area contributed by atoms with E-state index in [4.69, 9.17) is 8.47 Å². The molecule has 2 atom stereocenters. The number of nitrogens with zero attached hydrogens (tertiary/aromatic N) is 1. The van der Waals surface area contributed by atoms with Gasteiger partial charge in [-0.05, 0) is 11.8 Å². The van der Waals surface area contributed by atoms with Gasteiger partial charge >= 0.3 is 5.90 Å². The highest BCUT2D eigenvalue weighted by molar-refractivity contribution is 8.25. The maximum Gasteiger partial charge on any atom is 0.413 e. The van der Waals surface area contributed by atoms with Crippen molar-refractivity contribution in [2.24, 2.45) is 17.8 Å². The molecule has 1 aliphatic heterocycles.